The van der Waals surface area contributed by atoms with Crippen LogP contribution < -0.4 is 5.32 Å². The maximum absolute atomic E-state index is 13.1. The van der Waals surface area contributed by atoms with Crippen molar-refractivity contribution in [1.29, 1.82) is 0 Å². The van der Waals surface area contributed by atoms with Gasteiger partial charge in [0.2, 0.25) is 5.91 Å². The summed E-state index contributed by atoms with van der Waals surface area (Å²) in [6.07, 6.45) is 6.11. The molecular weight excluding hydrogens is 326 g/mol. The summed E-state index contributed by atoms with van der Waals surface area (Å²) in [5.74, 6) is -0.132. The molecule has 0 bridgehead atoms. The second-order valence-corrected chi connectivity index (χ2v) is 7.36. The third-order valence-corrected chi connectivity index (χ3v) is 5.53. The molecule has 4 rings (SSSR count). The molecule has 2 amide bonds. The van der Waals surface area contributed by atoms with Gasteiger partial charge in [-0.15, -0.1) is 0 Å². The number of hydrogen-bond donors (Lipinski definition) is 1. The topological polar surface area (TPSA) is 62.3 Å². The number of aryl methyl sites for hydroxylation is 1. The summed E-state index contributed by atoms with van der Waals surface area (Å²) < 4.78 is 0. The van der Waals surface area contributed by atoms with Crippen molar-refractivity contribution in [3.63, 3.8) is 0 Å². The van der Waals surface area contributed by atoms with Gasteiger partial charge < -0.3 is 10.2 Å². The van der Waals surface area contributed by atoms with E-state index in [1.165, 1.54) is 6.42 Å². The first-order valence-electron chi connectivity index (χ1n) is 9.65. The Hall–Kier alpha value is -2.43. The van der Waals surface area contributed by atoms with Crippen molar-refractivity contribution in [2.75, 3.05) is 13.1 Å². The molecule has 1 fully saturated rings. The van der Waals surface area contributed by atoms with E-state index in [2.05, 4.69) is 5.32 Å². The number of aromatic nitrogens is 1. The number of benzene rings is 1. The first kappa shape index (κ1) is 17.0. The van der Waals surface area contributed by atoms with Crippen LogP contribution in [0, 0.1) is 0 Å². The van der Waals surface area contributed by atoms with Crippen LogP contribution in [0.4, 0.5) is 0 Å². The highest BCUT2D eigenvalue weighted by atomic mass is 16.2. The summed E-state index contributed by atoms with van der Waals surface area (Å²) in [7, 11) is 0. The van der Waals surface area contributed by atoms with Crippen LogP contribution in [-0.2, 0) is 17.6 Å². The summed E-state index contributed by atoms with van der Waals surface area (Å²) in [5.41, 5.74) is 3.65. The maximum Gasteiger partial charge on any atom is 0.252 e. The second kappa shape index (κ2) is 7.06. The van der Waals surface area contributed by atoms with E-state index in [0.29, 0.717) is 5.56 Å². The van der Waals surface area contributed by atoms with Crippen LogP contribution in [0.5, 0.6) is 0 Å². The van der Waals surface area contributed by atoms with E-state index in [1.54, 1.807) is 6.92 Å². The summed E-state index contributed by atoms with van der Waals surface area (Å²) in [5, 5.41) is 3.84. The molecule has 2 heterocycles. The molecule has 0 spiro atoms. The molecule has 5 heteroatoms. The maximum atomic E-state index is 13.1. The van der Waals surface area contributed by atoms with Crippen molar-refractivity contribution < 1.29 is 9.59 Å². The Kier molecular flexibility index (Phi) is 4.62. The number of piperidine rings is 1. The Balaban J connectivity index is 1.61. The summed E-state index contributed by atoms with van der Waals surface area (Å²) in [4.78, 5) is 32.4. The number of hydrogen-bond acceptors (Lipinski definition) is 3. The largest absolute Gasteiger partial charge is 0.341 e. The van der Waals surface area contributed by atoms with Crippen LogP contribution in [-0.4, -0.2) is 40.8 Å². The number of carbonyl (C=O) groups is 2. The highest BCUT2D eigenvalue weighted by Gasteiger charge is 2.27. The van der Waals surface area contributed by atoms with Gasteiger partial charge in [0.1, 0.15) is 6.04 Å². The van der Waals surface area contributed by atoms with Crippen molar-refractivity contribution in [2.45, 2.75) is 51.5 Å². The Labute approximate surface area is 153 Å². The molecule has 26 heavy (non-hydrogen) atoms. The van der Waals surface area contributed by atoms with E-state index < -0.39 is 6.04 Å². The van der Waals surface area contributed by atoms with Gasteiger partial charge >= 0.3 is 0 Å². The van der Waals surface area contributed by atoms with E-state index in [9.17, 15) is 9.59 Å². The molecule has 1 N–H and O–H groups in total. The van der Waals surface area contributed by atoms with E-state index in [4.69, 9.17) is 4.98 Å². The Bertz CT molecular complexity index is 856. The minimum atomic E-state index is -0.510. The molecule has 2 aliphatic rings. The fourth-order valence-corrected chi connectivity index (χ4v) is 4.19. The molecule has 0 saturated carbocycles. The molecule has 1 aliphatic carbocycles. The normalized spacial score (nSPS) is 17.8. The SMILES string of the molecule is CC(NC(=O)c1c2c(nc3ccccc13)CCC2)C(=O)N1CCCCC1. The molecule has 1 aliphatic heterocycles. The third-order valence-electron chi connectivity index (χ3n) is 5.53. The zero-order valence-electron chi connectivity index (χ0n) is 15.3. The smallest absolute Gasteiger partial charge is 0.252 e. The lowest BCUT2D eigenvalue weighted by molar-refractivity contribution is -0.133. The molecular formula is C21H25N3O2. The number of carbonyl (C=O) groups excluding carboxylic acids is 2. The zero-order valence-corrected chi connectivity index (χ0v) is 15.3. The number of fused-ring (bicyclic) bond motifs is 2. The monoisotopic (exact) mass is 351 g/mol. The Morgan fingerprint density at radius 2 is 1.85 bits per heavy atom. The van der Waals surface area contributed by atoms with Gasteiger partial charge in [0.15, 0.2) is 0 Å². The Morgan fingerprint density at radius 3 is 2.65 bits per heavy atom. The minimum Gasteiger partial charge on any atom is -0.341 e. The van der Waals surface area contributed by atoms with Gasteiger partial charge in [-0.05, 0) is 57.1 Å². The molecule has 2 aromatic rings. The van der Waals surface area contributed by atoms with Gasteiger partial charge in [-0.1, -0.05) is 18.2 Å². The van der Waals surface area contributed by atoms with Crippen LogP contribution in [0.25, 0.3) is 10.9 Å². The van der Waals surface area contributed by atoms with Crippen LogP contribution in [0.2, 0.25) is 0 Å². The van der Waals surface area contributed by atoms with Crippen LogP contribution in [0.15, 0.2) is 24.3 Å². The summed E-state index contributed by atoms with van der Waals surface area (Å²) >= 11 is 0. The van der Waals surface area contributed by atoms with Crippen molar-refractivity contribution in [3.8, 4) is 0 Å². The number of nitrogens with one attached hydrogen (secondary N) is 1. The van der Waals surface area contributed by atoms with Crippen molar-refractivity contribution in [3.05, 3.63) is 41.1 Å². The van der Waals surface area contributed by atoms with Gasteiger partial charge in [-0.2, -0.15) is 0 Å². The highest BCUT2D eigenvalue weighted by molar-refractivity contribution is 6.09. The number of pyridine rings is 1. The number of rotatable bonds is 3. The van der Waals surface area contributed by atoms with Crippen molar-refractivity contribution >= 4 is 22.7 Å². The lowest BCUT2D eigenvalue weighted by atomic mass is 10.00. The molecule has 1 unspecified atom stereocenters. The van der Waals surface area contributed by atoms with E-state index in [0.717, 1.165) is 67.4 Å². The summed E-state index contributed by atoms with van der Waals surface area (Å²) in [6, 6.07) is 7.27. The van der Waals surface area contributed by atoms with Crippen molar-refractivity contribution in [2.24, 2.45) is 0 Å². The Morgan fingerprint density at radius 1 is 1.08 bits per heavy atom. The number of para-hydroxylation sites is 1. The second-order valence-electron chi connectivity index (χ2n) is 7.36. The zero-order chi connectivity index (χ0) is 18.1. The van der Waals surface area contributed by atoms with E-state index in [-0.39, 0.29) is 11.8 Å². The third kappa shape index (κ3) is 3.06. The van der Waals surface area contributed by atoms with Gasteiger partial charge in [0.25, 0.3) is 5.91 Å². The lowest BCUT2D eigenvalue weighted by Gasteiger charge is -2.29. The van der Waals surface area contributed by atoms with E-state index >= 15 is 0 Å². The van der Waals surface area contributed by atoms with Gasteiger partial charge in [-0.3, -0.25) is 14.6 Å². The highest BCUT2D eigenvalue weighted by Crippen LogP contribution is 2.30. The number of amides is 2. The number of likely N-dealkylation sites (tertiary alicyclic amines) is 1. The summed E-state index contributed by atoms with van der Waals surface area (Å²) in [6.45, 7) is 3.39. The van der Waals surface area contributed by atoms with Gasteiger partial charge in [-0.25, -0.2) is 0 Å². The quantitative estimate of drug-likeness (QED) is 0.925. The van der Waals surface area contributed by atoms with E-state index in [1.807, 2.05) is 29.2 Å². The van der Waals surface area contributed by atoms with Crippen LogP contribution in [0.1, 0.15) is 54.2 Å². The number of nitrogens with zero attached hydrogens (tertiary/aromatic N) is 2. The molecule has 136 valence electrons. The standard InChI is InChI=1S/C21H25N3O2/c1-14(21(26)24-12-5-2-6-13-24)22-20(25)19-15-8-3-4-10-17(15)23-18-11-7-9-16(18)19/h3-4,8,10,14H,2,5-7,9,11-13H2,1H3,(H,22,25). The average molecular weight is 351 g/mol. The van der Waals surface area contributed by atoms with Crippen molar-refractivity contribution in [1.82, 2.24) is 15.2 Å². The predicted molar refractivity (Wildman–Crippen MR) is 101 cm³/mol. The molecule has 0 radical (unpaired) electrons. The van der Waals surface area contributed by atoms with Crippen LogP contribution in [0.3, 0.4) is 0 Å². The molecule has 1 atom stereocenters. The molecule has 1 aromatic heterocycles. The first-order valence-corrected chi connectivity index (χ1v) is 9.65. The molecule has 1 saturated heterocycles. The molecule has 1 aromatic carbocycles. The average Bonchev–Trinajstić information content (AvgIpc) is 3.13. The fourth-order valence-electron chi connectivity index (χ4n) is 4.19. The van der Waals surface area contributed by atoms with Gasteiger partial charge in [0, 0.05) is 24.2 Å². The lowest BCUT2D eigenvalue weighted by Crippen LogP contribution is -2.48. The van der Waals surface area contributed by atoms with Gasteiger partial charge in [0.05, 0.1) is 11.1 Å². The first-order chi connectivity index (χ1) is 12.6. The minimum absolute atomic E-state index is 0.0213. The fraction of sp³-hybridized carbons (Fsp3) is 0.476. The molecule has 5 nitrogen and oxygen atoms in total. The van der Waals surface area contributed by atoms with Crippen LogP contribution >= 0.6 is 0 Å². The predicted octanol–water partition coefficient (Wildman–Crippen LogP) is 2.85.